The van der Waals surface area contributed by atoms with Gasteiger partial charge in [0.2, 0.25) is 0 Å². The molecule has 0 radical (unpaired) electrons. The number of hydrogen-bond donors (Lipinski definition) is 1. The van der Waals surface area contributed by atoms with E-state index < -0.39 is 0 Å². The molecule has 0 amide bonds. The average molecular weight is 316 g/mol. The van der Waals surface area contributed by atoms with Crippen LogP contribution in [0.4, 0.5) is 0 Å². The van der Waals surface area contributed by atoms with Crippen LogP contribution in [0.5, 0.6) is 11.5 Å². The van der Waals surface area contributed by atoms with Gasteiger partial charge in [0.1, 0.15) is 16.0 Å². The van der Waals surface area contributed by atoms with Crippen molar-refractivity contribution in [3.8, 4) is 11.5 Å². The van der Waals surface area contributed by atoms with E-state index in [0.717, 1.165) is 28.8 Å². The van der Waals surface area contributed by atoms with Crippen molar-refractivity contribution in [2.45, 2.75) is 26.7 Å². The van der Waals surface area contributed by atoms with Gasteiger partial charge in [0.05, 0.1) is 14.2 Å². The van der Waals surface area contributed by atoms with Gasteiger partial charge in [-0.3, -0.25) is 0 Å². The highest BCUT2D eigenvalue weighted by molar-refractivity contribution is 9.10. The fourth-order valence-electron chi connectivity index (χ4n) is 1.73. The lowest BCUT2D eigenvalue weighted by Gasteiger charge is -2.23. The molecule has 0 aliphatic heterocycles. The van der Waals surface area contributed by atoms with Crippen molar-refractivity contribution >= 4 is 15.9 Å². The predicted molar refractivity (Wildman–Crippen MR) is 78.4 cm³/mol. The molecule has 18 heavy (non-hydrogen) atoms. The van der Waals surface area contributed by atoms with Gasteiger partial charge in [-0.05, 0) is 52.4 Å². The van der Waals surface area contributed by atoms with E-state index in [4.69, 9.17) is 15.2 Å². The number of ether oxygens (including phenoxy) is 2. The van der Waals surface area contributed by atoms with Gasteiger partial charge in [0.15, 0.2) is 0 Å². The Bertz CT molecular complexity index is 405. The Hall–Kier alpha value is -0.740. The summed E-state index contributed by atoms with van der Waals surface area (Å²) in [7, 11) is 3.33. The van der Waals surface area contributed by atoms with E-state index >= 15 is 0 Å². The Morgan fingerprint density at radius 2 is 1.89 bits per heavy atom. The maximum absolute atomic E-state index is 5.76. The van der Waals surface area contributed by atoms with Crippen molar-refractivity contribution in [3.05, 3.63) is 22.2 Å². The molecule has 1 rings (SSSR count). The largest absolute Gasteiger partial charge is 0.495 e. The molecular formula is C14H22BrNO2. The quantitative estimate of drug-likeness (QED) is 0.875. The highest BCUT2D eigenvalue weighted by Gasteiger charge is 2.18. The molecule has 2 N–H and O–H groups in total. The smallest absolute Gasteiger partial charge is 0.139 e. The maximum Gasteiger partial charge on any atom is 0.139 e. The molecule has 102 valence electrons. The highest BCUT2D eigenvalue weighted by Crippen LogP contribution is 2.38. The molecule has 0 aliphatic rings. The zero-order chi connectivity index (χ0) is 13.8. The first-order valence-corrected chi connectivity index (χ1v) is 6.84. The lowest BCUT2D eigenvalue weighted by molar-refractivity contribution is 0.342. The second kappa shape index (κ2) is 6.43. The van der Waals surface area contributed by atoms with Gasteiger partial charge < -0.3 is 15.2 Å². The SMILES string of the molecule is COc1ccc(CCC(C)(C)CN)c(OC)c1Br. The van der Waals surface area contributed by atoms with Crippen molar-refractivity contribution in [2.75, 3.05) is 20.8 Å². The van der Waals surface area contributed by atoms with Crippen LogP contribution in [0.25, 0.3) is 0 Å². The summed E-state index contributed by atoms with van der Waals surface area (Å²) in [6.45, 7) is 5.04. The van der Waals surface area contributed by atoms with E-state index in [1.165, 1.54) is 5.56 Å². The predicted octanol–water partition coefficient (Wildman–Crippen LogP) is 3.38. The first-order valence-electron chi connectivity index (χ1n) is 6.04. The number of benzene rings is 1. The van der Waals surface area contributed by atoms with Gasteiger partial charge in [-0.1, -0.05) is 19.9 Å². The molecule has 0 saturated carbocycles. The molecule has 0 spiro atoms. The molecular weight excluding hydrogens is 294 g/mol. The molecule has 0 heterocycles. The summed E-state index contributed by atoms with van der Waals surface area (Å²) in [6, 6.07) is 4.01. The van der Waals surface area contributed by atoms with E-state index in [2.05, 4.69) is 35.8 Å². The Balaban J connectivity index is 2.93. The van der Waals surface area contributed by atoms with Crippen LogP contribution < -0.4 is 15.2 Å². The number of aryl methyl sites for hydroxylation is 1. The highest BCUT2D eigenvalue weighted by atomic mass is 79.9. The van der Waals surface area contributed by atoms with E-state index in [-0.39, 0.29) is 5.41 Å². The van der Waals surface area contributed by atoms with Crippen molar-refractivity contribution in [3.63, 3.8) is 0 Å². The van der Waals surface area contributed by atoms with Gasteiger partial charge in [0.25, 0.3) is 0 Å². The van der Waals surface area contributed by atoms with Crippen molar-refractivity contribution in [1.29, 1.82) is 0 Å². The zero-order valence-corrected chi connectivity index (χ0v) is 13.1. The fraction of sp³-hybridized carbons (Fsp3) is 0.571. The summed E-state index contributed by atoms with van der Waals surface area (Å²) in [5.41, 5.74) is 7.08. The summed E-state index contributed by atoms with van der Waals surface area (Å²) < 4.78 is 11.6. The molecule has 0 aliphatic carbocycles. The van der Waals surface area contributed by atoms with Crippen molar-refractivity contribution < 1.29 is 9.47 Å². The van der Waals surface area contributed by atoms with Crippen LogP contribution in [0.1, 0.15) is 25.8 Å². The minimum atomic E-state index is 0.150. The molecule has 1 aromatic carbocycles. The summed E-state index contributed by atoms with van der Waals surface area (Å²) >= 11 is 3.52. The average Bonchev–Trinajstić information content (AvgIpc) is 2.36. The van der Waals surface area contributed by atoms with E-state index in [9.17, 15) is 0 Å². The molecule has 1 aromatic rings. The van der Waals surface area contributed by atoms with Gasteiger partial charge in [-0.15, -0.1) is 0 Å². The minimum absolute atomic E-state index is 0.150. The lowest BCUT2D eigenvalue weighted by Crippen LogP contribution is -2.24. The Morgan fingerprint density at radius 3 is 2.39 bits per heavy atom. The van der Waals surface area contributed by atoms with Crippen LogP contribution in [-0.4, -0.2) is 20.8 Å². The maximum atomic E-state index is 5.76. The summed E-state index contributed by atoms with van der Waals surface area (Å²) in [5.74, 6) is 1.64. The summed E-state index contributed by atoms with van der Waals surface area (Å²) in [4.78, 5) is 0. The molecule has 0 bridgehead atoms. The van der Waals surface area contributed by atoms with E-state index in [1.807, 2.05) is 6.07 Å². The van der Waals surface area contributed by atoms with Gasteiger partial charge in [-0.2, -0.15) is 0 Å². The first-order chi connectivity index (χ1) is 8.45. The number of rotatable bonds is 6. The fourth-order valence-corrected chi connectivity index (χ4v) is 2.44. The number of halogens is 1. The second-order valence-corrected chi connectivity index (χ2v) is 5.94. The normalized spacial score (nSPS) is 11.4. The van der Waals surface area contributed by atoms with Crippen LogP contribution in [0.3, 0.4) is 0 Å². The van der Waals surface area contributed by atoms with Crippen LogP contribution in [-0.2, 0) is 6.42 Å². The molecule has 3 nitrogen and oxygen atoms in total. The van der Waals surface area contributed by atoms with Gasteiger partial charge >= 0.3 is 0 Å². The minimum Gasteiger partial charge on any atom is -0.495 e. The van der Waals surface area contributed by atoms with Crippen LogP contribution in [0.15, 0.2) is 16.6 Å². The first kappa shape index (κ1) is 15.3. The molecule has 4 heteroatoms. The Labute approximate surface area is 118 Å². The number of nitrogens with two attached hydrogens (primary N) is 1. The second-order valence-electron chi connectivity index (χ2n) is 5.14. The topological polar surface area (TPSA) is 44.5 Å². The molecule has 0 unspecified atom stereocenters. The zero-order valence-electron chi connectivity index (χ0n) is 11.5. The molecule has 0 aromatic heterocycles. The van der Waals surface area contributed by atoms with Crippen molar-refractivity contribution in [1.82, 2.24) is 0 Å². The van der Waals surface area contributed by atoms with Crippen molar-refractivity contribution in [2.24, 2.45) is 11.1 Å². The van der Waals surface area contributed by atoms with Gasteiger partial charge in [-0.25, -0.2) is 0 Å². The standard InChI is InChI=1S/C14H22BrNO2/c1-14(2,9-16)8-7-10-5-6-11(17-3)12(15)13(10)18-4/h5-6H,7-9,16H2,1-4H3. The molecule has 0 saturated heterocycles. The lowest BCUT2D eigenvalue weighted by atomic mass is 9.86. The van der Waals surface area contributed by atoms with Crippen LogP contribution >= 0.6 is 15.9 Å². The summed E-state index contributed by atoms with van der Waals surface area (Å²) in [6.07, 6.45) is 1.97. The van der Waals surface area contributed by atoms with Crippen LogP contribution in [0.2, 0.25) is 0 Å². The molecule has 0 fully saturated rings. The third kappa shape index (κ3) is 3.62. The van der Waals surface area contributed by atoms with E-state index in [1.54, 1.807) is 14.2 Å². The number of methoxy groups -OCH3 is 2. The Morgan fingerprint density at radius 1 is 1.22 bits per heavy atom. The molecule has 0 atom stereocenters. The Kier molecular flexibility index (Phi) is 5.47. The monoisotopic (exact) mass is 315 g/mol. The summed E-state index contributed by atoms with van der Waals surface area (Å²) in [5, 5.41) is 0. The number of hydrogen-bond acceptors (Lipinski definition) is 3. The van der Waals surface area contributed by atoms with Gasteiger partial charge in [0, 0.05) is 0 Å². The van der Waals surface area contributed by atoms with Crippen LogP contribution in [0, 0.1) is 5.41 Å². The third-order valence-corrected chi connectivity index (χ3v) is 3.94. The van der Waals surface area contributed by atoms with E-state index in [0.29, 0.717) is 6.54 Å². The third-order valence-electron chi connectivity index (χ3n) is 3.19.